The van der Waals surface area contributed by atoms with Crippen molar-refractivity contribution in [3.05, 3.63) is 119 Å². The predicted molar refractivity (Wildman–Crippen MR) is 264 cm³/mol. The van der Waals surface area contributed by atoms with Crippen LogP contribution in [0.3, 0.4) is 0 Å². The van der Waals surface area contributed by atoms with E-state index in [1.807, 2.05) is 0 Å². The lowest BCUT2D eigenvalue weighted by molar-refractivity contribution is -0.346. The van der Waals surface area contributed by atoms with Crippen LogP contribution in [-0.4, -0.2) is 105 Å². The number of carbonyl (C=O) groups is 6. The third kappa shape index (κ3) is 10.5. The van der Waals surface area contributed by atoms with E-state index in [2.05, 4.69) is 12.2 Å². The van der Waals surface area contributed by atoms with Gasteiger partial charge in [0.25, 0.3) is 5.91 Å². The minimum atomic E-state index is -2.40. The Hall–Kier alpha value is -5.74. The number of Topliss-reactive ketones (excluding diaryl/α,β-unsaturated/α-hetero) is 1. The molecule has 2 unspecified atom stereocenters. The number of nitrogens with one attached hydrogen (secondary N) is 1. The normalized spacial score (nSPS) is 29.1. The summed E-state index contributed by atoms with van der Waals surface area (Å²) in [4.78, 5) is 86.0. The molecule has 1 aliphatic heterocycles. The van der Waals surface area contributed by atoms with Crippen LogP contribution in [0.5, 0.6) is 0 Å². The fourth-order valence-corrected chi connectivity index (χ4v) is 11.8. The van der Waals surface area contributed by atoms with Crippen molar-refractivity contribution >= 4 is 35.6 Å². The SMILES string of the molecule is CCCCCCCCCCCC(=O)O[C@H]1C(=O)[C@@]2(C)C(C(OC(=O)c3ccccc3)[C@]3(O)C[C@H](OC(=O)[C@H](O)[C@@H](NC(=O)c4ccccc4)c4ccccc4)C(C)=C1C3(C)C)[C@]1(OC(C)=O)CO[C@@H]1C[C@@H]2O. The van der Waals surface area contributed by atoms with Gasteiger partial charge in [-0.3, -0.25) is 19.2 Å². The standard InChI is InChI=1S/C57H71NO14/c1-7-8-9-10-11-12-13-14-24-31-43(61)70-47-44-35(2)40(69-53(66)46(62)45(37-25-18-15-19-26-37)58-51(64)38-27-20-16-21-28-38)33-57(67,54(44,4)5)50(71-52(65)39-29-22-17-23-30-39)48-55(6,49(47)63)41(60)32-42-56(48,34-68-42)72-36(3)59/h15-23,25-30,40-42,45-48,50,60,62,67H,7-14,24,31-34H2,1-6H3,(H,58,64)/t40-,41-,42+,45-,46+,47+,48?,50?,55+,56-,57+/m0/s1. The predicted octanol–water partition coefficient (Wildman–Crippen LogP) is 7.64. The zero-order valence-corrected chi connectivity index (χ0v) is 42.3. The van der Waals surface area contributed by atoms with Crippen molar-refractivity contribution in [1.82, 2.24) is 5.32 Å². The Morgan fingerprint density at radius 2 is 1.36 bits per heavy atom. The zero-order valence-electron chi connectivity index (χ0n) is 42.3. The largest absolute Gasteiger partial charge is 0.456 e. The number of hydrogen-bond donors (Lipinski definition) is 4. The molecule has 388 valence electrons. The van der Waals surface area contributed by atoms with Gasteiger partial charge in [-0.25, -0.2) is 9.59 Å². The van der Waals surface area contributed by atoms with E-state index < -0.39 is 113 Å². The van der Waals surface area contributed by atoms with Gasteiger partial charge in [0, 0.05) is 37.2 Å². The van der Waals surface area contributed by atoms with Gasteiger partial charge in [0.2, 0.25) is 0 Å². The lowest BCUT2D eigenvalue weighted by atomic mass is 9.44. The lowest BCUT2D eigenvalue weighted by Crippen LogP contribution is -2.82. The highest BCUT2D eigenvalue weighted by Gasteiger charge is 2.78. The second-order valence-electron chi connectivity index (χ2n) is 20.8. The summed E-state index contributed by atoms with van der Waals surface area (Å²) >= 11 is 0. The molecule has 3 fully saturated rings. The number of amides is 1. The number of aliphatic hydroxyl groups is 3. The molecule has 2 saturated carbocycles. The van der Waals surface area contributed by atoms with Crippen LogP contribution in [0.25, 0.3) is 0 Å². The summed E-state index contributed by atoms with van der Waals surface area (Å²) in [5.41, 5.74) is -6.97. The Kier molecular flexibility index (Phi) is 16.9. The third-order valence-electron chi connectivity index (χ3n) is 15.9. The maximum atomic E-state index is 16.0. The highest BCUT2D eigenvalue weighted by atomic mass is 16.6. The molecule has 2 bridgehead atoms. The van der Waals surface area contributed by atoms with E-state index in [9.17, 15) is 39.3 Å². The number of ether oxygens (including phenoxy) is 5. The van der Waals surface area contributed by atoms with Gasteiger partial charge in [0.15, 0.2) is 23.6 Å². The minimum absolute atomic E-state index is 0.0344. The summed E-state index contributed by atoms with van der Waals surface area (Å²) < 4.78 is 31.2. The summed E-state index contributed by atoms with van der Waals surface area (Å²) in [7, 11) is 0. The molecule has 0 spiro atoms. The van der Waals surface area contributed by atoms with Crippen LogP contribution >= 0.6 is 0 Å². The Labute approximate surface area is 422 Å². The van der Waals surface area contributed by atoms with E-state index >= 15 is 4.79 Å². The van der Waals surface area contributed by atoms with Crippen LogP contribution in [0.4, 0.5) is 0 Å². The number of benzene rings is 3. The summed E-state index contributed by atoms with van der Waals surface area (Å²) in [6, 6.07) is 23.2. The van der Waals surface area contributed by atoms with E-state index in [0.29, 0.717) is 12.0 Å². The molecule has 7 rings (SSSR count). The Balaban J connectivity index is 1.33. The summed E-state index contributed by atoms with van der Waals surface area (Å²) in [5, 5.41) is 41.0. The number of unbranched alkanes of at least 4 members (excludes halogenated alkanes) is 8. The fraction of sp³-hybridized carbons (Fsp3) is 0.544. The number of ketones is 1. The second-order valence-corrected chi connectivity index (χ2v) is 20.8. The molecule has 3 aromatic carbocycles. The molecule has 11 atom stereocenters. The van der Waals surface area contributed by atoms with Gasteiger partial charge in [0.1, 0.15) is 23.9 Å². The van der Waals surface area contributed by atoms with Crippen LogP contribution in [0.2, 0.25) is 0 Å². The average molecular weight is 994 g/mol. The molecule has 15 heteroatoms. The second kappa shape index (κ2) is 22.6. The van der Waals surface area contributed by atoms with Gasteiger partial charge in [-0.1, -0.05) is 139 Å². The van der Waals surface area contributed by atoms with E-state index in [4.69, 9.17) is 23.7 Å². The van der Waals surface area contributed by atoms with E-state index in [0.717, 1.165) is 38.5 Å². The maximum Gasteiger partial charge on any atom is 0.338 e. The Morgan fingerprint density at radius 1 is 0.792 bits per heavy atom. The van der Waals surface area contributed by atoms with Crippen molar-refractivity contribution in [1.29, 1.82) is 0 Å². The van der Waals surface area contributed by atoms with Crippen molar-refractivity contribution in [2.45, 2.75) is 172 Å². The smallest absolute Gasteiger partial charge is 0.338 e. The van der Waals surface area contributed by atoms with Crippen molar-refractivity contribution in [3.8, 4) is 0 Å². The highest BCUT2D eigenvalue weighted by Crippen LogP contribution is 2.64. The number of fused-ring (bicyclic) bond motifs is 5. The quantitative estimate of drug-likeness (QED) is 0.0370. The van der Waals surface area contributed by atoms with E-state index in [1.165, 1.54) is 38.8 Å². The number of carbonyl (C=O) groups excluding carboxylic acids is 6. The van der Waals surface area contributed by atoms with Gasteiger partial charge >= 0.3 is 23.9 Å². The van der Waals surface area contributed by atoms with Crippen molar-refractivity contribution < 1.29 is 67.8 Å². The lowest BCUT2D eigenvalue weighted by Gasteiger charge is -2.67. The average Bonchev–Trinajstić information content (AvgIpc) is 3.36. The van der Waals surface area contributed by atoms with Crippen molar-refractivity contribution in [2.24, 2.45) is 16.7 Å². The van der Waals surface area contributed by atoms with E-state index in [1.54, 1.807) is 99.6 Å². The third-order valence-corrected chi connectivity index (χ3v) is 15.9. The Bertz CT molecular complexity index is 2460. The van der Waals surface area contributed by atoms with Gasteiger partial charge in [-0.2, -0.15) is 0 Å². The molecule has 1 saturated heterocycles. The van der Waals surface area contributed by atoms with Gasteiger partial charge in [0.05, 0.1) is 35.6 Å². The zero-order chi connectivity index (χ0) is 52.0. The first-order chi connectivity index (χ1) is 34.3. The molecule has 15 nitrogen and oxygen atoms in total. The first-order valence-corrected chi connectivity index (χ1v) is 25.5. The summed E-state index contributed by atoms with van der Waals surface area (Å²) in [5.74, 6) is -6.59. The molecular formula is C57H71NO14. The molecule has 0 radical (unpaired) electrons. The maximum absolute atomic E-state index is 16.0. The molecular weight excluding hydrogens is 923 g/mol. The number of aliphatic hydroxyl groups excluding tert-OH is 2. The summed E-state index contributed by atoms with van der Waals surface area (Å²) in [6.45, 7) is 9.27. The first kappa shape index (κ1) is 54.0. The van der Waals surface area contributed by atoms with Crippen molar-refractivity contribution in [2.75, 3.05) is 6.61 Å². The van der Waals surface area contributed by atoms with Crippen LogP contribution in [0, 0.1) is 16.7 Å². The number of rotatable bonds is 20. The minimum Gasteiger partial charge on any atom is -0.456 e. The van der Waals surface area contributed by atoms with E-state index in [-0.39, 0.29) is 41.7 Å². The topological polar surface area (TPSA) is 221 Å². The van der Waals surface area contributed by atoms with Gasteiger partial charge in [-0.15, -0.1) is 0 Å². The van der Waals surface area contributed by atoms with Crippen LogP contribution in [0.1, 0.15) is 151 Å². The monoisotopic (exact) mass is 993 g/mol. The molecule has 0 aromatic heterocycles. The Morgan fingerprint density at radius 3 is 1.93 bits per heavy atom. The fourth-order valence-electron chi connectivity index (χ4n) is 11.8. The molecule has 3 aliphatic carbocycles. The molecule has 1 heterocycles. The van der Waals surface area contributed by atoms with Crippen molar-refractivity contribution in [3.63, 3.8) is 0 Å². The molecule has 72 heavy (non-hydrogen) atoms. The number of esters is 4. The first-order valence-electron chi connectivity index (χ1n) is 25.5. The number of hydrogen-bond acceptors (Lipinski definition) is 14. The molecule has 3 aromatic rings. The molecule has 4 aliphatic rings. The molecule has 4 N–H and O–H groups in total. The van der Waals surface area contributed by atoms with Crippen LogP contribution < -0.4 is 5.32 Å². The molecule has 1 amide bonds. The van der Waals surface area contributed by atoms with Gasteiger partial charge < -0.3 is 44.3 Å². The van der Waals surface area contributed by atoms with Crippen LogP contribution in [-0.2, 0) is 42.9 Å². The summed E-state index contributed by atoms with van der Waals surface area (Å²) in [6.07, 6.45) is -1.67. The van der Waals surface area contributed by atoms with Crippen LogP contribution in [0.15, 0.2) is 102 Å². The van der Waals surface area contributed by atoms with Gasteiger partial charge in [-0.05, 0) is 61.2 Å². The highest BCUT2D eigenvalue weighted by molar-refractivity contribution is 5.96.